The lowest BCUT2D eigenvalue weighted by Gasteiger charge is -2.15. The average Bonchev–Trinajstić information content (AvgIpc) is 2.85. The first-order valence-corrected chi connectivity index (χ1v) is 6.85. The van der Waals surface area contributed by atoms with Crippen LogP contribution < -0.4 is 5.32 Å². The largest absolute Gasteiger partial charge is 0.465 e. The Balaban J connectivity index is 2.21. The molecule has 0 saturated carbocycles. The molecule has 4 nitrogen and oxygen atoms in total. The molecule has 1 atom stereocenters. The fraction of sp³-hybridized carbons (Fsp3) is 0.286. The molecule has 1 heterocycles. The maximum absolute atomic E-state index is 11.7. The number of nitrogens with zero attached hydrogens (tertiary/aromatic N) is 1. The van der Waals surface area contributed by atoms with E-state index in [1.54, 1.807) is 17.4 Å². The molecule has 1 aromatic carbocycles. The number of benzene rings is 1. The number of para-hydroxylation sites is 1. The van der Waals surface area contributed by atoms with Crippen molar-refractivity contribution in [3.05, 3.63) is 45.9 Å². The Labute approximate surface area is 116 Å². The summed E-state index contributed by atoms with van der Waals surface area (Å²) in [6.07, 6.45) is 0. The van der Waals surface area contributed by atoms with Crippen molar-refractivity contribution in [1.29, 1.82) is 0 Å². The van der Waals surface area contributed by atoms with Crippen molar-refractivity contribution in [2.45, 2.75) is 19.9 Å². The molecule has 2 rings (SSSR count). The summed E-state index contributed by atoms with van der Waals surface area (Å²) in [7, 11) is 1.38. The average molecular weight is 276 g/mol. The Hall–Kier alpha value is -1.88. The van der Waals surface area contributed by atoms with Gasteiger partial charge in [0, 0.05) is 11.1 Å². The van der Waals surface area contributed by atoms with Gasteiger partial charge in [0.15, 0.2) is 0 Å². The molecule has 19 heavy (non-hydrogen) atoms. The van der Waals surface area contributed by atoms with Gasteiger partial charge < -0.3 is 10.1 Å². The van der Waals surface area contributed by atoms with Crippen molar-refractivity contribution in [2.75, 3.05) is 12.4 Å². The van der Waals surface area contributed by atoms with E-state index in [-0.39, 0.29) is 12.0 Å². The van der Waals surface area contributed by atoms with Crippen LogP contribution in [-0.2, 0) is 4.74 Å². The number of anilines is 1. The lowest BCUT2D eigenvalue weighted by molar-refractivity contribution is 0.0602. The number of nitrogens with one attached hydrogen (secondary N) is 1. The van der Waals surface area contributed by atoms with Crippen LogP contribution in [0.4, 0.5) is 5.69 Å². The van der Waals surface area contributed by atoms with Gasteiger partial charge in [-0.05, 0) is 26.0 Å². The number of rotatable bonds is 4. The molecule has 0 spiro atoms. The molecule has 0 amide bonds. The highest BCUT2D eigenvalue weighted by atomic mass is 32.1. The van der Waals surface area contributed by atoms with Crippen LogP contribution in [0, 0.1) is 6.92 Å². The van der Waals surface area contributed by atoms with Gasteiger partial charge in [-0.1, -0.05) is 12.1 Å². The molecule has 0 bridgehead atoms. The molecule has 0 aliphatic heterocycles. The second kappa shape index (κ2) is 5.84. The predicted molar refractivity (Wildman–Crippen MR) is 76.7 cm³/mol. The number of hydrogen-bond donors (Lipinski definition) is 1. The Morgan fingerprint density at radius 2 is 2.16 bits per heavy atom. The third kappa shape index (κ3) is 3.12. The third-order valence-corrected chi connectivity index (χ3v) is 3.58. The van der Waals surface area contributed by atoms with E-state index in [0.29, 0.717) is 5.56 Å². The number of aryl methyl sites for hydroxylation is 1. The number of thiazole rings is 1. The van der Waals surface area contributed by atoms with E-state index in [1.165, 1.54) is 7.11 Å². The van der Waals surface area contributed by atoms with E-state index in [9.17, 15) is 4.79 Å². The monoisotopic (exact) mass is 276 g/mol. The second-order valence-electron chi connectivity index (χ2n) is 4.19. The van der Waals surface area contributed by atoms with Crippen LogP contribution in [-0.4, -0.2) is 18.1 Å². The van der Waals surface area contributed by atoms with Gasteiger partial charge in [-0.2, -0.15) is 0 Å². The maximum Gasteiger partial charge on any atom is 0.339 e. The summed E-state index contributed by atoms with van der Waals surface area (Å²) in [6, 6.07) is 7.34. The number of methoxy groups -OCH3 is 1. The summed E-state index contributed by atoms with van der Waals surface area (Å²) in [6.45, 7) is 3.99. The zero-order valence-corrected chi connectivity index (χ0v) is 12.0. The molecular weight excluding hydrogens is 260 g/mol. The van der Waals surface area contributed by atoms with Crippen molar-refractivity contribution < 1.29 is 9.53 Å². The van der Waals surface area contributed by atoms with Crippen molar-refractivity contribution >= 4 is 23.0 Å². The van der Waals surface area contributed by atoms with E-state index < -0.39 is 0 Å². The number of aromatic nitrogens is 1. The van der Waals surface area contributed by atoms with Gasteiger partial charge in [0.1, 0.15) is 0 Å². The Bertz CT molecular complexity index is 580. The van der Waals surface area contributed by atoms with Crippen molar-refractivity contribution in [3.63, 3.8) is 0 Å². The van der Waals surface area contributed by atoms with Crippen LogP contribution >= 0.6 is 11.3 Å². The normalized spacial score (nSPS) is 11.9. The molecule has 1 aromatic heterocycles. The Morgan fingerprint density at radius 3 is 2.79 bits per heavy atom. The molecule has 100 valence electrons. The number of ether oxygens (including phenoxy) is 1. The van der Waals surface area contributed by atoms with Crippen molar-refractivity contribution in [1.82, 2.24) is 4.98 Å². The summed E-state index contributed by atoms with van der Waals surface area (Å²) < 4.78 is 4.78. The molecule has 1 N–H and O–H groups in total. The Morgan fingerprint density at radius 1 is 1.42 bits per heavy atom. The van der Waals surface area contributed by atoms with Gasteiger partial charge in [-0.3, -0.25) is 0 Å². The minimum Gasteiger partial charge on any atom is -0.465 e. The fourth-order valence-corrected chi connectivity index (χ4v) is 2.49. The lowest BCUT2D eigenvalue weighted by atomic mass is 10.1. The van der Waals surface area contributed by atoms with Crippen LogP contribution in [0.15, 0.2) is 29.6 Å². The fourth-order valence-electron chi connectivity index (χ4n) is 1.78. The molecule has 0 saturated heterocycles. The number of hydrogen-bond acceptors (Lipinski definition) is 5. The smallest absolute Gasteiger partial charge is 0.339 e. The topological polar surface area (TPSA) is 51.2 Å². The second-order valence-corrected chi connectivity index (χ2v) is 5.26. The van der Waals surface area contributed by atoms with Gasteiger partial charge in [0.05, 0.1) is 29.4 Å². The van der Waals surface area contributed by atoms with Crippen molar-refractivity contribution in [3.8, 4) is 0 Å². The van der Waals surface area contributed by atoms with Crippen molar-refractivity contribution in [2.24, 2.45) is 0 Å². The van der Waals surface area contributed by atoms with Gasteiger partial charge in [-0.25, -0.2) is 9.78 Å². The molecule has 0 radical (unpaired) electrons. The highest BCUT2D eigenvalue weighted by molar-refractivity contribution is 7.09. The molecule has 0 aliphatic carbocycles. The molecule has 5 heteroatoms. The first-order valence-electron chi connectivity index (χ1n) is 5.97. The van der Waals surface area contributed by atoms with Gasteiger partial charge >= 0.3 is 5.97 Å². The van der Waals surface area contributed by atoms with E-state index in [2.05, 4.69) is 10.3 Å². The van der Waals surface area contributed by atoms with Crippen LogP contribution in [0.25, 0.3) is 0 Å². The summed E-state index contributed by atoms with van der Waals surface area (Å²) >= 11 is 1.62. The van der Waals surface area contributed by atoms with E-state index >= 15 is 0 Å². The zero-order valence-electron chi connectivity index (χ0n) is 11.1. The molecule has 0 aliphatic rings. The van der Waals surface area contributed by atoms with E-state index in [0.717, 1.165) is 16.4 Å². The molecule has 0 fully saturated rings. The first-order chi connectivity index (χ1) is 9.11. The first kappa shape index (κ1) is 13.5. The summed E-state index contributed by atoms with van der Waals surface area (Å²) in [5.74, 6) is -0.343. The standard InChI is InChI=1S/C14H16N2O2S/c1-9(13-8-19-10(2)16-13)15-12-7-5-4-6-11(12)14(17)18-3/h4-9,15H,1-3H3. The molecular formula is C14H16N2O2S. The maximum atomic E-state index is 11.7. The van der Waals surface area contributed by atoms with Crippen LogP contribution in [0.3, 0.4) is 0 Å². The predicted octanol–water partition coefficient (Wildman–Crippen LogP) is 3.41. The Kier molecular flexibility index (Phi) is 4.16. The third-order valence-electron chi connectivity index (χ3n) is 2.78. The SMILES string of the molecule is COC(=O)c1ccccc1NC(C)c1csc(C)n1. The quantitative estimate of drug-likeness (QED) is 0.869. The zero-order chi connectivity index (χ0) is 13.8. The number of carbonyl (C=O) groups is 1. The van der Waals surface area contributed by atoms with E-state index in [1.807, 2.05) is 37.4 Å². The number of esters is 1. The summed E-state index contributed by atoms with van der Waals surface area (Å²) in [5, 5.41) is 6.35. The summed E-state index contributed by atoms with van der Waals surface area (Å²) in [4.78, 5) is 16.1. The lowest BCUT2D eigenvalue weighted by Crippen LogP contribution is -2.11. The highest BCUT2D eigenvalue weighted by Crippen LogP contribution is 2.23. The van der Waals surface area contributed by atoms with E-state index in [4.69, 9.17) is 4.74 Å². The minimum absolute atomic E-state index is 0.0377. The van der Waals surface area contributed by atoms with Crippen LogP contribution in [0.2, 0.25) is 0 Å². The molecule has 1 unspecified atom stereocenters. The highest BCUT2D eigenvalue weighted by Gasteiger charge is 2.14. The van der Waals surface area contributed by atoms with Gasteiger partial charge in [-0.15, -0.1) is 11.3 Å². The van der Waals surface area contributed by atoms with Gasteiger partial charge in [0.2, 0.25) is 0 Å². The summed E-state index contributed by atoms with van der Waals surface area (Å²) in [5.41, 5.74) is 2.26. The number of carbonyl (C=O) groups excluding carboxylic acids is 1. The van der Waals surface area contributed by atoms with Crippen LogP contribution in [0.5, 0.6) is 0 Å². The minimum atomic E-state index is -0.343. The van der Waals surface area contributed by atoms with Crippen LogP contribution in [0.1, 0.15) is 34.0 Å². The van der Waals surface area contributed by atoms with Gasteiger partial charge in [0.25, 0.3) is 0 Å². The molecule has 2 aromatic rings.